The Labute approximate surface area is 112 Å². The number of esters is 1. The van der Waals surface area contributed by atoms with Gasteiger partial charge in [-0.05, 0) is 6.04 Å². The van der Waals surface area contributed by atoms with Crippen LogP contribution in [0.5, 0.6) is 0 Å². The molecule has 0 saturated carbocycles. The molecule has 0 bridgehead atoms. The summed E-state index contributed by atoms with van der Waals surface area (Å²) in [6.45, 7) is 16.2. The molecule has 0 aliphatic rings. The van der Waals surface area contributed by atoms with Crippen molar-refractivity contribution in [2.24, 2.45) is 5.41 Å². The van der Waals surface area contributed by atoms with Crippen molar-refractivity contribution in [2.45, 2.75) is 59.0 Å². The van der Waals surface area contributed by atoms with Crippen molar-refractivity contribution in [1.29, 1.82) is 0 Å². The highest BCUT2D eigenvalue weighted by Crippen LogP contribution is 2.30. The van der Waals surface area contributed by atoms with Gasteiger partial charge in [0.25, 0.3) is 0 Å². The number of carbonyl (C=O) groups excluding carboxylic acids is 1. The second kappa shape index (κ2) is 6.52. The number of carbonyl (C=O) groups is 1. The zero-order valence-electron chi connectivity index (χ0n) is 12.7. The van der Waals surface area contributed by atoms with Crippen LogP contribution in [0.2, 0.25) is 25.7 Å². The normalized spacial score (nSPS) is 14.2. The fraction of sp³-hybridized carbons (Fsp3) is 0.786. The summed E-state index contributed by atoms with van der Waals surface area (Å²) in [5.41, 5.74) is 0.676. The number of ether oxygens (including phenoxy) is 1. The Hall–Kier alpha value is -0.613. The molecule has 18 heavy (non-hydrogen) atoms. The number of aliphatic hydroxyl groups is 1. The summed E-state index contributed by atoms with van der Waals surface area (Å²) in [6, 6.07) is 1.02. The number of rotatable bonds is 7. The van der Waals surface area contributed by atoms with Gasteiger partial charge in [0.2, 0.25) is 0 Å². The fourth-order valence-corrected chi connectivity index (χ4v) is 3.51. The third-order valence-electron chi connectivity index (χ3n) is 2.84. The first-order valence-electron chi connectivity index (χ1n) is 6.42. The van der Waals surface area contributed by atoms with E-state index in [2.05, 4.69) is 26.2 Å². The van der Waals surface area contributed by atoms with Gasteiger partial charge in [0.15, 0.2) is 0 Å². The van der Waals surface area contributed by atoms with Gasteiger partial charge >= 0.3 is 5.97 Å². The van der Waals surface area contributed by atoms with Gasteiger partial charge < -0.3 is 9.84 Å². The van der Waals surface area contributed by atoms with Crippen molar-refractivity contribution in [2.75, 3.05) is 6.61 Å². The summed E-state index contributed by atoms with van der Waals surface area (Å²) < 4.78 is 5.35. The summed E-state index contributed by atoms with van der Waals surface area (Å²) in [5, 5.41) is 9.41. The highest BCUT2D eigenvalue weighted by molar-refractivity contribution is 6.76. The summed E-state index contributed by atoms with van der Waals surface area (Å²) in [6.07, 6.45) is 0.334. The van der Waals surface area contributed by atoms with E-state index < -0.39 is 13.5 Å². The summed E-state index contributed by atoms with van der Waals surface area (Å²) >= 11 is 0. The first-order chi connectivity index (χ1) is 7.98. The maximum atomic E-state index is 11.2. The van der Waals surface area contributed by atoms with E-state index in [0.29, 0.717) is 6.42 Å². The lowest BCUT2D eigenvalue weighted by molar-refractivity contribution is -0.154. The van der Waals surface area contributed by atoms with Crippen LogP contribution in [0.15, 0.2) is 12.2 Å². The smallest absolute Gasteiger partial charge is 0.302 e. The molecule has 0 heterocycles. The Morgan fingerprint density at radius 3 is 2.22 bits per heavy atom. The fourth-order valence-electron chi connectivity index (χ4n) is 1.86. The zero-order chi connectivity index (χ0) is 14.6. The predicted molar refractivity (Wildman–Crippen MR) is 78.3 cm³/mol. The number of aliphatic hydroxyl groups excluding tert-OH is 1. The molecule has 0 rings (SSSR count). The van der Waals surface area contributed by atoms with Crippen molar-refractivity contribution in [3.8, 4) is 0 Å². The van der Waals surface area contributed by atoms with Crippen LogP contribution >= 0.6 is 0 Å². The quantitative estimate of drug-likeness (QED) is 0.440. The van der Waals surface area contributed by atoms with E-state index >= 15 is 0 Å². The van der Waals surface area contributed by atoms with E-state index in [1.165, 1.54) is 6.92 Å². The SMILES string of the molecule is C=C(CC(OC(C)=O)C(C)(C)CO)C[Si](C)(C)C. The van der Waals surface area contributed by atoms with Gasteiger partial charge in [0, 0.05) is 26.8 Å². The van der Waals surface area contributed by atoms with E-state index in [9.17, 15) is 9.90 Å². The molecule has 0 spiro atoms. The molecule has 1 unspecified atom stereocenters. The lowest BCUT2D eigenvalue weighted by Crippen LogP contribution is -2.37. The first kappa shape index (κ1) is 17.4. The highest BCUT2D eigenvalue weighted by Gasteiger charge is 2.32. The van der Waals surface area contributed by atoms with E-state index in [1.807, 2.05) is 13.8 Å². The molecule has 0 radical (unpaired) electrons. The molecular formula is C14H28O3Si. The van der Waals surface area contributed by atoms with Gasteiger partial charge in [-0.1, -0.05) is 39.1 Å². The largest absolute Gasteiger partial charge is 0.462 e. The molecule has 1 N–H and O–H groups in total. The van der Waals surface area contributed by atoms with Gasteiger partial charge in [-0.25, -0.2) is 0 Å². The van der Waals surface area contributed by atoms with E-state index in [-0.39, 0.29) is 18.7 Å². The van der Waals surface area contributed by atoms with Crippen molar-refractivity contribution >= 4 is 14.0 Å². The lowest BCUT2D eigenvalue weighted by atomic mass is 9.84. The van der Waals surface area contributed by atoms with Gasteiger partial charge in [0.1, 0.15) is 6.10 Å². The zero-order valence-corrected chi connectivity index (χ0v) is 13.7. The van der Waals surface area contributed by atoms with E-state index in [0.717, 1.165) is 11.6 Å². The standard InChI is InChI=1S/C14H28O3Si/c1-11(9-18(5,6)7)8-13(17-12(2)16)14(3,4)10-15/h13,15H,1,8-10H2,2-7H3. The molecule has 0 aromatic rings. The third-order valence-corrected chi connectivity index (χ3v) is 4.40. The van der Waals surface area contributed by atoms with Gasteiger partial charge in [-0.2, -0.15) is 0 Å². The predicted octanol–water partition coefficient (Wildman–Crippen LogP) is 3.22. The van der Waals surface area contributed by atoms with E-state index in [4.69, 9.17) is 4.74 Å². The Balaban J connectivity index is 4.70. The average Bonchev–Trinajstić information content (AvgIpc) is 2.12. The molecule has 106 valence electrons. The van der Waals surface area contributed by atoms with Crippen LogP contribution in [0.3, 0.4) is 0 Å². The molecule has 0 aliphatic heterocycles. The minimum atomic E-state index is -1.20. The monoisotopic (exact) mass is 272 g/mol. The van der Waals surface area contributed by atoms with Crippen LogP contribution in [0.1, 0.15) is 27.2 Å². The lowest BCUT2D eigenvalue weighted by Gasteiger charge is -2.33. The average molecular weight is 272 g/mol. The minimum Gasteiger partial charge on any atom is -0.462 e. The molecule has 0 saturated heterocycles. The summed E-state index contributed by atoms with van der Waals surface area (Å²) in [5.74, 6) is -0.303. The second-order valence-electron chi connectivity index (χ2n) is 6.94. The maximum absolute atomic E-state index is 11.2. The van der Waals surface area contributed by atoms with Crippen molar-refractivity contribution in [1.82, 2.24) is 0 Å². The number of hydrogen-bond acceptors (Lipinski definition) is 3. The second-order valence-corrected chi connectivity index (χ2v) is 12.4. The summed E-state index contributed by atoms with van der Waals surface area (Å²) in [4.78, 5) is 11.2. The van der Waals surface area contributed by atoms with Crippen LogP contribution in [-0.4, -0.2) is 31.9 Å². The van der Waals surface area contributed by atoms with Crippen molar-refractivity contribution < 1.29 is 14.6 Å². The maximum Gasteiger partial charge on any atom is 0.302 e. The van der Waals surface area contributed by atoms with Crippen LogP contribution in [0.4, 0.5) is 0 Å². The minimum absolute atomic E-state index is 0.00876. The van der Waals surface area contributed by atoms with Crippen molar-refractivity contribution in [3.63, 3.8) is 0 Å². The summed E-state index contributed by atoms with van der Waals surface area (Å²) in [7, 11) is -1.20. The highest BCUT2D eigenvalue weighted by atomic mass is 28.3. The first-order valence-corrected chi connectivity index (χ1v) is 10.1. The molecule has 0 aromatic carbocycles. The molecule has 1 atom stereocenters. The van der Waals surface area contributed by atoms with Gasteiger partial charge in [0.05, 0.1) is 6.61 Å². The molecule has 0 fully saturated rings. The molecule has 0 amide bonds. The Morgan fingerprint density at radius 1 is 1.39 bits per heavy atom. The van der Waals surface area contributed by atoms with Gasteiger partial charge in [-0.3, -0.25) is 4.79 Å². The third kappa shape index (κ3) is 6.96. The molecule has 0 aliphatic carbocycles. The Bertz CT molecular complexity index is 303. The van der Waals surface area contributed by atoms with E-state index in [1.54, 1.807) is 0 Å². The van der Waals surface area contributed by atoms with Crippen LogP contribution in [0.25, 0.3) is 0 Å². The van der Waals surface area contributed by atoms with Crippen LogP contribution < -0.4 is 0 Å². The molecular weight excluding hydrogens is 244 g/mol. The molecule has 4 heteroatoms. The van der Waals surface area contributed by atoms with Crippen LogP contribution in [-0.2, 0) is 9.53 Å². The Morgan fingerprint density at radius 2 is 1.89 bits per heavy atom. The Kier molecular flexibility index (Phi) is 6.30. The van der Waals surface area contributed by atoms with Crippen molar-refractivity contribution in [3.05, 3.63) is 12.2 Å². The number of hydrogen-bond donors (Lipinski definition) is 1. The molecule has 3 nitrogen and oxygen atoms in total. The van der Waals surface area contributed by atoms with Gasteiger partial charge in [-0.15, -0.1) is 6.58 Å². The topological polar surface area (TPSA) is 46.5 Å². The van der Waals surface area contributed by atoms with Crippen LogP contribution in [0, 0.1) is 5.41 Å². The molecule has 0 aromatic heterocycles.